The van der Waals surface area contributed by atoms with Crippen molar-refractivity contribution in [3.63, 3.8) is 0 Å². The molecule has 1 aliphatic carbocycles. The van der Waals surface area contributed by atoms with Gasteiger partial charge in [0.05, 0.1) is 26.8 Å². The number of fused-ring (bicyclic) bond motifs is 3. The molecule has 4 heteroatoms. The van der Waals surface area contributed by atoms with E-state index < -0.39 is 0 Å². The van der Waals surface area contributed by atoms with E-state index >= 15 is 0 Å². The zero-order valence-electron chi connectivity index (χ0n) is 11.7. The second-order valence-corrected chi connectivity index (χ2v) is 7.01. The summed E-state index contributed by atoms with van der Waals surface area (Å²) in [7, 11) is 0. The second-order valence-electron chi connectivity index (χ2n) is 5.82. The molecule has 3 atom stereocenters. The standard InChI is InChI=1S/C18H14Cl3N/c19-14-8-3-7-13(16(14)21)17-11-5-1-4-10(11)12-6-2-9-15(20)18(12)22-17/h1-4,6-11,17,22H,5H2/t10-,11-,17-/m0/s1. The number of hydrogen-bond donors (Lipinski definition) is 1. The summed E-state index contributed by atoms with van der Waals surface area (Å²) < 4.78 is 0. The molecule has 2 aromatic rings. The Hall–Kier alpha value is -1.15. The van der Waals surface area contributed by atoms with Gasteiger partial charge in [0.15, 0.2) is 0 Å². The topological polar surface area (TPSA) is 12.0 Å². The highest BCUT2D eigenvalue weighted by Crippen LogP contribution is 2.52. The van der Waals surface area contributed by atoms with Crippen LogP contribution in [-0.2, 0) is 0 Å². The fraction of sp³-hybridized carbons (Fsp3) is 0.222. The van der Waals surface area contributed by atoms with Gasteiger partial charge in [0.25, 0.3) is 0 Å². The van der Waals surface area contributed by atoms with Crippen LogP contribution >= 0.6 is 34.8 Å². The van der Waals surface area contributed by atoms with Crippen molar-refractivity contribution in [2.75, 3.05) is 5.32 Å². The number of nitrogens with one attached hydrogen (secondary N) is 1. The van der Waals surface area contributed by atoms with E-state index in [1.165, 1.54) is 5.56 Å². The number of allylic oxidation sites excluding steroid dienone is 2. The molecule has 0 bridgehead atoms. The molecule has 0 saturated heterocycles. The average Bonchev–Trinajstić information content (AvgIpc) is 3.00. The molecule has 0 unspecified atom stereocenters. The third-order valence-corrected chi connectivity index (χ3v) is 5.81. The lowest BCUT2D eigenvalue weighted by molar-refractivity contribution is 0.426. The zero-order valence-corrected chi connectivity index (χ0v) is 14.0. The highest BCUT2D eigenvalue weighted by Gasteiger charge is 2.39. The molecule has 0 fully saturated rings. The largest absolute Gasteiger partial charge is 0.376 e. The van der Waals surface area contributed by atoms with Crippen molar-refractivity contribution in [2.24, 2.45) is 5.92 Å². The predicted octanol–water partition coefficient (Wildman–Crippen LogP) is 6.47. The molecule has 1 heterocycles. The van der Waals surface area contributed by atoms with Crippen LogP contribution in [0.1, 0.15) is 29.5 Å². The minimum absolute atomic E-state index is 0.110. The molecule has 1 aliphatic heterocycles. The summed E-state index contributed by atoms with van der Waals surface area (Å²) in [6.07, 6.45) is 5.56. The van der Waals surface area contributed by atoms with Gasteiger partial charge < -0.3 is 5.32 Å². The van der Waals surface area contributed by atoms with Gasteiger partial charge in [-0.15, -0.1) is 0 Å². The van der Waals surface area contributed by atoms with Crippen LogP contribution in [0.2, 0.25) is 15.1 Å². The van der Waals surface area contributed by atoms with Crippen LogP contribution in [0.25, 0.3) is 0 Å². The third-order valence-electron chi connectivity index (χ3n) is 4.66. The quantitative estimate of drug-likeness (QED) is 0.581. The zero-order chi connectivity index (χ0) is 15.3. The molecule has 0 spiro atoms. The maximum Gasteiger partial charge on any atom is 0.0645 e. The van der Waals surface area contributed by atoms with E-state index in [9.17, 15) is 0 Å². The molecular formula is C18H14Cl3N. The first kappa shape index (κ1) is 14.4. The summed E-state index contributed by atoms with van der Waals surface area (Å²) in [6, 6.07) is 12.0. The van der Waals surface area contributed by atoms with Gasteiger partial charge in [0.1, 0.15) is 0 Å². The highest BCUT2D eigenvalue weighted by atomic mass is 35.5. The third kappa shape index (κ3) is 2.15. The van der Waals surface area contributed by atoms with Gasteiger partial charge in [-0.25, -0.2) is 0 Å². The summed E-state index contributed by atoms with van der Waals surface area (Å²) in [5.41, 5.74) is 3.32. The number of anilines is 1. The number of halogens is 3. The maximum absolute atomic E-state index is 6.46. The Morgan fingerprint density at radius 1 is 0.909 bits per heavy atom. The molecule has 0 radical (unpaired) electrons. The molecule has 2 aromatic carbocycles. The monoisotopic (exact) mass is 349 g/mol. The van der Waals surface area contributed by atoms with Crippen LogP contribution in [-0.4, -0.2) is 0 Å². The van der Waals surface area contributed by atoms with E-state index in [1.807, 2.05) is 30.3 Å². The minimum Gasteiger partial charge on any atom is -0.376 e. The van der Waals surface area contributed by atoms with Gasteiger partial charge in [-0.2, -0.15) is 0 Å². The summed E-state index contributed by atoms with van der Waals surface area (Å²) in [5.74, 6) is 0.803. The van der Waals surface area contributed by atoms with Gasteiger partial charge in [0.2, 0.25) is 0 Å². The fourth-order valence-corrected chi connectivity index (χ4v) is 4.31. The Morgan fingerprint density at radius 2 is 1.64 bits per heavy atom. The maximum atomic E-state index is 6.46. The van der Waals surface area contributed by atoms with Crippen LogP contribution in [0.3, 0.4) is 0 Å². The minimum atomic E-state index is 0.110. The Bertz CT molecular complexity index is 769. The first-order valence-electron chi connectivity index (χ1n) is 7.32. The number of rotatable bonds is 1. The van der Waals surface area contributed by atoms with Crippen molar-refractivity contribution in [3.05, 3.63) is 74.7 Å². The van der Waals surface area contributed by atoms with Crippen molar-refractivity contribution >= 4 is 40.5 Å². The van der Waals surface area contributed by atoms with Crippen molar-refractivity contribution in [1.82, 2.24) is 0 Å². The molecule has 0 aromatic heterocycles. The average molecular weight is 351 g/mol. The van der Waals surface area contributed by atoms with Crippen molar-refractivity contribution in [3.8, 4) is 0 Å². The molecule has 1 N–H and O–H groups in total. The highest BCUT2D eigenvalue weighted by molar-refractivity contribution is 6.42. The molecule has 4 rings (SSSR count). The van der Waals surface area contributed by atoms with Crippen molar-refractivity contribution in [1.29, 1.82) is 0 Å². The van der Waals surface area contributed by atoms with Crippen LogP contribution < -0.4 is 5.32 Å². The molecule has 1 nitrogen and oxygen atoms in total. The van der Waals surface area contributed by atoms with E-state index in [0.717, 1.165) is 22.7 Å². The smallest absolute Gasteiger partial charge is 0.0645 e. The van der Waals surface area contributed by atoms with Crippen molar-refractivity contribution < 1.29 is 0 Å². The van der Waals surface area contributed by atoms with E-state index in [2.05, 4.69) is 23.5 Å². The summed E-state index contributed by atoms with van der Waals surface area (Å²) in [5, 5.41) is 5.57. The number of benzene rings is 2. The Kier molecular flexibility index (Phi) is 3.60. The molecular weight excluding hydrogens is 337 g/mol. The van der Waals surface area contributed by atoms with E-state index in [4.69, 9.17) is 34.8 Å². The first-order chi connectivity index (χ1) is 10.7. The van der Waals surface area contributed by atoms with Gasteiger partial charge >= 0.3 is 0 Å². The summed E-state index contributed by atoms with van der Waals surface area (Å²) >= 11 is 19.1. The lowest BCUT2D eigenvalue weighted by atomic mass is 9.77. The van der Waals surface area contributed by atoms with Crippen molar-refractivity contribution in [2.45, 2.75) is 18.4 Å². The molecule has 112 valence electrons. The molecule has 22 heavy (non-hydrogen) atoms. The summed E-state index contributed by atoms with van der Waals surface area (Å²) in [6.45, 7) is 0. The normalized spacial score (nSPS) is 25.5. The number of hydrogen-bond acceptors (Lipinski definition) is 1. The first-order valence-corrected chi connectivity index (χ1v) is 8.45. The SMILES string of the molecule is Clc1cccc([C@H]2Nc3c(Cl)cccc3[C@H]3C=CC[C@@H]32)c1Cl. The van der Waals surface area contributed by atoms with Gasteiger partial charge in [-0.3, -0.25) is 0 Å². The van der Waals surface area contributed by atoms with Crippen LogP contribution in [0, 0.1) is 5.92 Å². The predicted molar refractivity (Wildman–Crippen MR) is 94.3 cm³/mol. The molecule has 0 saturated carbocycles. The number of para-hydroxylation sites is 1. The summed E-state index contributed by atoms with van der Waals surface area (Å²) in [4.78, 5) is 0. The Morgan fingerprint density at radius 3 is 2.45 bits per heavy atom. The van der Waals surface area contributed by atoms with Gasteiger partial charge in [-0.1, -0.05) is 71.2 Å². The lowest BCUT2D eigenvalue weighted by Crippen LogP contribution is -2.29. The Balaban J connectivity index is 1.86. The van der Waals surface area contributed by atoms with Crippen LogP contribution in [0.15, 0.2) is 48.6 Å². The fourth-order valence-electron chi connectivity index (χ4n) is 3.65. The van der Waals surface area contributed by atoms with Crippen LogP contribution in [0.5, 0.6) is 0 Å². The van der Waals surface area contributed by atoms with Crippen LogP contribution in [0.4, 0.5) is 5.69 Å². The van der Waals surface area contributed by atoms with Gasteiger partial charge in [-0.05, 0) is 35.6 Å². The Labute approximate surface area is 144 Å². The van der Waals surface area contributed by atoms with E-state index in [0.29, 0.717) is 21.9 Å². The van der Waals surface area contributed by atoms with E-state index in [-0.39, 0.29) is 6.04 Å². The lowest BCUT2D eigenvalue weighted by Gasteiger charge is -2.38. The van der Waals surface area contributed by atoms with E-state index in [1.54, 1.807) is 0 Å². The molecule has 2 aliphatic rings. The van der Waals surface area contributed by atoms with Gasteiger partial charge in [0, 0.05) is 5.92 Å². The molecule has 0 amide bonds. The second kappa shape index (κ2) is 5.49.